The lowest BCUT2D eigenvalue weighted by Gasteiger charge is -1.91. The highest BCUT2D eigenvalue weighted by Gasteiger charge is 2.33. The van der Waals surface area contributed by atoms with E-state index in [0.717, 1.165) is 5.92 Å². The van der Waals surface area contributed by atoms with Crippen molar-refractivity contribution >= 4 is 6.40 Å². The average Bonchev–Trinajstić information content (AvgIpc) is 2.42. The standard InChI is InChI=1S/C6H11NO/c1-5-3-6(5)8-4-7-2/h4-6H,3H2,1-2H3. The summed E-state index contributed by atoms with van der Waals surface area (Å²) in [6.07, 6.45) is 3.19. The Kier molecular flexibility index (Phi) is 1.51. The SMILES string of the molecule is CN=COC1CC1C. The number of ether oxygens (including phenoxy) is 1. The van der Waals surface area contributed by atoms with Crippen molar-refractivity contribution in [2.45, 2.75) is 19.4 Å². The molecule has 1 fully saturated rings. The normalized spacial score (nSPS) is 35.8. The number of hydrogen-bond donors (Lipinski definition) is 0. The van der Waals surface area contributed by atoms with E-state index >= 15 is 0 Å². The molecule has 0 amide bonds. The topological polar surface area (TPSA) is 21.6 Å². The van der Waals surface area contributed by atoms with Crippen LogP contribution < -0.4 is 0 Å². The molecule has 0 aromatic carbocycles. The summed E-state index contributed by atoms with van der Waals surface area (Å²) in [5.41, 5.74) is 0. The van der Waals surface area contributed by atoms with E-state index in [1.165, 1.54) is 12.8 Å². The molecule has 1 rings (SSSR count). The van der Waals surface area contributed by atoms with Crippen LogP contribution >= 0.6 is 0 Å². The third-order valence-corrected chi connectivity index (χ3v) is 1.38. The second kappa shape index (κ2) is 2.16. The summed E-state index contributed by atoms with van der Waals surface area (Å²) >= 11 is 0. The summed E-state index contributed by atoms with van der Waals surface area (Å²) in [6.45, 7) is 2.17. The molecule has 2 nitrogen and oxygen atoms in total. The molecule has 0 aliphatic heterocycles. The van der Waals surface area contributed by atoms with Gasteiger partial charge in [0.15, 0.2) is 6.40 Å². The fourth-order valence-corrected chi connectivity index (χ4v) is 0.617. The van der Waals surface area contributed by atoms with Crippen LogP contribution in [0.1, 0.15) is 13.3 Å². The zero-order chi connectivity index (χ0) is 5.98. The van der Waals surface area contributed by atoms with Gasteiger partial charge in [0.05, 0.1) is 0 Å². The fraction of sp³-hybridized carbons (Fsp3) is 0.833. The largest absolute Gasteiger partial charge is 0.480 e. The van der Waals surface area contributed by atoms with Gasteiger partial charge in [-0.1, -0.05) is 6.92 Å². The molecule has 0 heterocycles. The molecule has 2 unspecified atom stereocenters. The number of rotatable bonds is 2. The van der Waals surface area contributed by atoms with Crippen molar-refractivity contribution in [1.29, 1.82) is 0 Å². The predicted molar refractivity (Wildman–Crippen MR) is 33.1 cm³/mol. The minimum Gasteiger partial charge on any atom is -0.480 e. The van der Waals surface area contributed by atoms with Crippen LogP contribution in [0.15, 0.2) is 4.99 Å². The first kappa shape index (κ1) is 5.60. The van der Waals surface area contributed by atoms with E-state index in [9.17, 15) is 0 Å². The van der Waals surface area contributed by atoms with Crippen LogP contribution in [0.4, 0.5) is 0 Å². The van der Waals surface area contributed by atoms with Gasteiger partial charge in [-0.3, -0.25) is 4.99 Å². The van der Waals surface area contributed by atoms with E-state index in [2.05, 4.69) is 11.9 Å². The van der Waals surface area contributed by atoms with Gasteiger partial charge in [0.1, 0.15) is 6.10 Å². The van der Waals surface area contributed by atoms with Gasteiger partial charge in [-0.25, -0.2) is 0 Å². The first-order valence-corrected chi connectivity index (χ1v) is 2.90. The van der Waals surface area contributed by atoms with Gasteiger partial charge in [0.25, 0.3) is 0 Å². The highest BCUT2D eigenvalue weighted by atomic mass is 16.5. The molecule has 0 aromatic rings. The van der Waals surface area contributed by atoms with Crippen LogP contribution in [0.25, 0.3) is 0 Å². The van der Waals surface area contributed by atoms with E-state index < -0.39 is 0 Å². The molecule has 0 aromatic heterocycles. The van der Waals surface area contributed by atoms with E-state index in [1.807, 2.05) is 0 Å². The van der Waals surface area contributed by atoms with E-state index in [-0.39, 0.29) is 0 Å². The van der Waals surface area contributed by atoms with Gasteiger partial charge >= 0.3 is 0 Å². The first-order chi connectivity index (χ1) is 3.84. The van der Waals surface area contributed by atoms with Crippen molar-refractivity contribution in [2.75, 3.05) is 7.05 Å². The molecule has 46 valence electrons. The lowest BCUT2D eigenvalue weighted by molar-refractivity contribution is 0.288. The molecular formula is C6H11NO. The van der Waals surface area contributed by atoms with Crippen LogP contribution in [0, 0.1) is 5.92 Å². The van der Waals surface area contributed by atoms with Crippen molar-refractivity contribution in [3.8, 4) is 0 Å². The van der Waals surface area contributed by atoms with Gasteiger partial charge in [0, 0.05) is 7.05 Å². The van der Waals surface area contributed by atoms with Crippen LogP contribution in [0.3, 0.4) is 0 Å². The maximum Gasteiger partial charge on any atom is 0.169 e. The molecular weight excluding hydrogens is 102 g/mol. The quantitative estimate of drug-likeness (QED) is 0.387. The molecule has 2 heteroatoms. The molecule has 1 aliphatic carbocycles. The zero-order valence-electron chi connectivity index (χ0n) is 5.29. The summed E-state index contributed by atoms with van der Waals surface area (Å²) in [6, 6.07) is 0. The van der Waals surface area contributed by atoms with E-state index in [1.54, 1.807) is 7.05 Å². The second-order valence-electron chi connectivity index (χ2n) is 2.25. The number of hydrogen-bond acceptors (Lipinski definition) is 2. The van der Waals surface area contributed by atoms with Crippen LogP contribution in [0.2, 0.25) is 0 Å². The summed E-state index contributed by atoms with van der Waals surface area (Å²) < 4.78 is 5.12. The summed E-state index contributed by atoms with van der Waals surface area (Å²) in [7, 11) is 1.72. The lowest BCUT2D eigenvalue weighted by Crippen LogP contribution is -1.91. The van der Waals surface area contributed by atoms with E-state index in [4.69, 9.17) is 4.74 Å². The molecule has 1 saturated carbocycles. The average molecular weight is 113 g/mol. The summed E-state index contributed by atoms with van der Waals surface area (Å²) in [4.78, 5) is 3.70. The Balaban J connectivity index is 2.05. The van der Waals surface area contributed by atoms with Gasteiger partial charge in [0.2, 0.25) is 0 Å². The van der Waals surface area contributed by atoms with Crippen molar-refractivity contribution < 1.29 is 4.74 Å². The van der Waals surface area contributed by atoms with Gasteiger partial charge in [-0.05, 0) is 12.3 Å². The minimum absolute atomic E-state index is 0.471. The third kappa shape index (κ3) is 1.22. The minimum atomic E-state index is 0.471. The monoisotopic (exact) mass is 113 g/mol. The molecule has 0 bridgehead atoms. The number of nitrogens with zero attached hydrogens (tertiary/aromatic N) is 1. The number of aliphatic imine (C=N–C) groups is 1. The molecule has 1 aliphatic rings. The Labute approximate surface area is 49.6 Å². The van der Waals surface area contributed by atoms with Gasteiger partial charge in [-0.15, -0.1) is 0 Å². The van der Waals surface area contributed by atoms with Crippen molar-refractivity contribution in [3.63, 3.8) is 0 Å². The van der Waals surface area contributed by atoms with Gasteiger partial charge < -0.3 is 4.74 Å². The maximum atomic E-state index is 5.12. The van der Waals surface area contributed by atoms with E-state index in [0.29, 0.717) is 6.10 Å². The van der Waals surface area contributed by atoms with Crippen molar-refractivity contribution in [1.82, 2.24) is 0 Å². The van der Waals surface area contributed by atoms with Crippen molar-refractivity contribution in [3.05, 3.63) is 0 Å². The molecule has 2 atom stereocenters. The Morgan fingerprint density at radius 3 is 2.75 bits per heavy atom. The Morgan fingerprint density at radius 2 is 2.38 bits per heavy atom. The Bertz CT molecular complexity index is 101. The van der Waals surface area contributed by atoms with Gasteiger partial charge in [-0.2, -0.15) is 0 Å². The zero-order valence-corrected chi connectivity index (χ0v) is 5.29. The predicted octanol–water partition coefficient (Wildman–Crippen LogP) is 1.07. The smallest absolute Gasteiger partial charge is 0.169 e. The maximum absolute atomic E-state index is 5.12. The molecule has 8 heavy (non-hydrogen) atoms. The summed E-state index contributed by atoms with van der Waals surface area (Å²) in [5, 5.41) is 0. The van der Waals surface area contributed by atoms with Crippen LogP contribution in [-0.4, -0.2) is 19.6 Å². The molecule has 0 N–H and O–H groups in total. The van der Waals surface area contributed by atoms with Crippen LogP contribution in [0.5, 0.6) is 0 Å². The second-order valence-corrected chi connectivity index (χ2v) is 2.25. The highest BCUT2D eigenvalue weighted by Crippen LogP contribution is 2.31. The van der Waals surface area contributed by atoms with Crippen LogP contribution in [-0.2, 0) is 4.74 Å². The summed E-state index contributed by atoms with van der Waals surface area (Å²) in [5.74, 6) is 0.757. The molecule has 0 saturated heterocycles. The van der Waals surface area contributed by atoms with Crippen molar-refractivity contribution in [2.24, 2.45) is 10.9 Å². The Morgan fingerprint density at radius 1 is 1.75 bits per heavy atom. The molecule has 0 radical (unpaired) electrons. The lowest BCUT2D eigenvalue weighted by atomic mass is 10.5. The fourth-order valence-electron chi connectivity index (χ4n) is 0.617. The Hall–Kier alpha value is -0.530. The third-order valence-electron chi connectivity index (χ3n) is 1.38. The highest BCUT2D eigenvalue weighted by molar-refractivity contribution is 5.46. The first-order valence-electron chi connectivity index (χ1n) is 2.90. The molecule has 0 spiro atoms.